The van der Waals surface area contributed by atoms with Crippen molar-refractivity contribution >= 4 is 5.97 Å². The van der Waals surface area contributed by atoms with E-state index in [2.05, 4.69) is 5.32 Å². The first-order chi connectivity index (χ1) is 8.12. The number of benzene rings is 1. The van der Waals surface area contributed by atoms with Crippen molar-refractivity contribution in [1.82, 2.24) is 5.32 Å². The first-order valence-corrected chi connectivity index (χ1v) is 5.82. The molecule has 0 radical (unpaired) electrons. The Bertz CT molecular complexity index is 414. The summed E-state index contributed by atoms with van der Waals surface area (Å²) in [4.78, 5) is 10.8. The van der Waals surface area contributed by atoms with Gasteiger partial charge in [0.25, 0.3) is 0 Å². The summed E-state index contributed by atoms with van der Waals surface area (Å²) in [5.74, 6) is -0.921. The lowest BCUT2D eigenvalue weighted by Crippen LogP contribution is -2.37. The molecule has 92 valence electrons. The van der Waals surface area contributed by atoms with E-state index in [0.29, 0.717) is 37.1 Å². The van der Waals surface area contributed by atoms with E-state index in [1.165, 1.54) is 0 Å². The third-order valence-corrected chi connectivity index (χ3v) is 3.24. The van der Waals surface area contributed by atoms with Gasteiger partial charge in [0.2, 0.25) is 0 Å². The van der Waals surface area contributed by atoms with Crippen molar-refractivity contribution in [3.05, 3.63) is 35.4 Å². The van der Waals surface area contributed by atoms with Crippen molar-refractivity contribution in [3.63, 3.8) is 0 Å². The maximum atomic E-state index is 14.8. The van der Waals surface area contributed by atoms with Gasteiger partial charge < -0.3 is 10.4 Å². The second kappa shape index (κ2) is 4.84. The molecule has 3 nitrogen and oxygen atoms in total. The summed E-state index contributed by atoms with van der Waals surface area (Å²) >= 11 is 0. The van der Waals surface area contributed by atoms with Crippen molar-refractivity contribution in [2.45, 2.75) is 24.9 Å². The lowest BCUT2D eigenvalue weighted by atomic mass is 9.83. The highest BCUT2D eigenvalue weighted by atomic mass is 19.1. The standard InChI is InChI=1S/C13H16FNO2/c14-13(5-7-15-8-6-13)11-4-2-1-3-10(11)9-12(16)17/h1-4,15H,5-9H2,(H,16,17). The highest BCUT2D eigenvalue weighted by Gasteiger charge is 2.35. The molecule has 0 aliphatic carbocycles. The van der Waals surface area contributed by atoms with Crippen LogP contribution in [0, 0.1) is 0 Å². The van der Waals surface area contributed by atoms with Crippen LogP contribution in [0.4, 0.5) is 4.39 Å². The minimum Gasteiger partial charge on any atom is -0.481 e. The van der Waals surface area contributed by atoms with E-state index in [4.69, 9.17) is 5.11 Å². The predicted octanol–water partition coefficient (Wildman–Crippen LogP) is 1.86. The number of halogens is 1. The molecule has 2 N–H and O–H groups in total. The van der Waals surface area contributed by atoms with Crippen molar-refractivity contribution in [2.75, 3.05) is 13.1 Å². The number of hydrogen-bond donors (Lipinski definition) is 2. The van der Waals surface area contributed by atoms with Crippen molar-refractivity contribution in [2.24, 2.45) is 0 Å². The molecular weight excluding hydrogens is 221 g/mol. The van der Waals surface area contributed by atoms with Crippen LogP contribution in [0.25, 0.3) is 0 Å². The molecule has 1 aromatic rings. The molecule has 0 bridgehead atoms. The average Bonchev–Trinajstić information content (AvgIpc) is 2.30. The molecule has 17 heavy (non-hydrogen) atoms. The molecule has 1 aliphatic rings. The van der Waals surface area contributed by atoms with Crippen LogP contribution < -0.4 is 5.32 Å². The van der Waals surface area contributed by atoms with Gasteiger partial charge in [0.15, 0.2) is 0 Å². The van der Waals surface area contributed by atoms with Crippen molar-refractivity contribution in [1.29, 1.82) is 0 Å². The van der Waals surface area contributed by atoms with Gasteiger partial charge in [-0.1, -0.05) is 24.3 Å². The van der Waals surface area contributed by atoms with Gasteiger partial charge in [-0.2, -0.15) is 0 Å². The maximum absolute atomic E-state index is 14.8. The van der Waals surface area contributed by atoms with E-state index in [9.17, 15) is 9.18 Å². The van der Waals surface area contributed by atoms with E-state index in [0.717, 1.165) is 0 Å². The van der Waals surface area contributed by atoms with Gasteiger partial charge in [0.1, 0.15) is 5.67 Å². The molecule has 1 saturated heterocycles. The quantitative estimate of drug-likeness (QED) is 0.843. The minimum atomic E-state index is -1.38. The van der Waals surface area contributed by atoms with Crippen LogP contribution >= 0.6 is 0 Å². The zero-order valence-corrected chi connectivity index (χ0v) is 9.58. The number of hydrogen-bond acceptors (Lipinski definition) is 2. The molecule has 4 heteroatoms. The number of rotatable bonds is 3. The van der Waals surface area contributed by atoms with Gasteiger partial charge >= 0.3 is 5.97 Å². The SMILES string of the molecule is O=C(O)Cc1ccccc1C1(F)CCNCC1. The van der Waals surface area contributed by atoms with Gasteiger partial charge in [-0.15, -0.1) is 0 Å². The Balaban J connectivity index is 2.32. The Morgan fingerprint density at radius 1 is 1.35 bits per heavy atom. The number of alkyl halides is 1. The summed E-state index contributed by atoms with van der Waals surface area (Å²) in [6, 6.07) is 6.94. The van der Waals surface area contributed by atoms with Crippen LogP contribution in [0.3, 0.4) is 0 Å². The Labute approximate surface area is 99.7 Å². The topological polar surface area (TPSA) is 49.3 Å². The molecular formula is C13H16FNO2. The first kappa shape index (κ1) is 12.0. The number of piperidine rings is 1. The number of carboxylic acids is 1. The minimum absolute atomic E-state index is 0.116. The lowest BCUT2D eigenvalue weighted by Gasteiger charge is -2.32. The van der Waals surface area contributed by atoms with Crippen molar-refractivity contribution in [3.8, 4) is 0 Å². The molecule has 1 aliphatic heterocycles. The zero-order valence-electron chi connectivity index (χ0n) is 9.58. The normalized spacial score (nSPS) is 18.9. The fourth-order valence-corrected chi connectivity index (χ4v) is 2.37. The highest BCUT2D eigenvalue weighted by molar-refractivity contribution is 5.71. The molecule has 0 unspecified atom stereocenters. The first-order valence-electron chi connectivity index (χ1n) is 5.82. The second-order valence-corrected chi connectivity index (χ2v) is 4.44. The van der Waals surface area contributed by atoms with Crippen LogP contribution in [0.5, 0.6) is 0 Å². The molecule has 0 atom stereocenters. The summed E-state index contributed by atoms with van der Waals surface area (Å²) < 4.78 is 14.8. The summed E-state index contributed by atoms with van der Waals surface area (Å²) in [5, 5.41) is 12.0. The highest BCUT2D eigenvalue weighted by Crippen LogP contribution is 2.36. The summed E-state index contributed by atoms with van der Waals surface area (Å²) in [5.41, 5.74) is -0.245. The van der Waals surface area contributed by atoms with Gasteiger partial charge in [-0.25, -0.2) is 4.39 Å². The Morgan fingerprint density at radius 3 is 2.65 bits per heavy atom. The second-order valence-electron chi connectivity index (χ2n) is 4.44. The summed E-state index contributed by atoms with van der Waals surface area (Å²) in [6.45, 7) is 1.27. The summed E-state index contributed by atoms with van der Waals surface area (Å²) in [7, 11) is 0. The largest absolute Gasteiger partial charge is 0.481 e. The molecule has 2 rings (SSSR count). The maximum Gasteiger partial charge on any atom is 0.307 e. The third kappa shape index (κ3) is 2.64. The summed E-state index contributed by atoms with van der Waals surface area (Å²) in [6.07, 6.45) is 0.697. The number of nitrogens with one attached hydrogen (secondary N) is 1. The van der Waals surface area contributed by atoms with Gasteiger partial charge in [0, 0.05) is 0 Å². The van der Waals surface area contributed by atoms with E-state index < -0.39 is 11.6 Å². The number of carboxylic acid groups (broad SMARTS) is 1. The van der Waals surface area contributed by atoms with Gasteiger partial charge in [0.05, 0.1) is 6.42 Å². The smallest absolute Gasteiger partial charge is 0.307 e. The molecule has 0 spiro atoms. The Hall–Kier alpha value is -1.42. The van der Waals surface area contributed by atoms with Crippen LogP contribution in [0.2, 0.25) is 0 Å². The van der Waals surface area contributed by atoms with E-state index in [-0.39, 0.29) is 6.42 Å². The van der Waals surface area contributed by atoms with Crippen molar-refractivity contribution < 1.29 is 14.3 Å². The molecule has 1 fully saturated rings. The number of carbonyl (C=O) groups is 1. The van der Waals surface area contributed by atoms with Crippen LogP contribution in [-0.4, -0.2) is 24.2 Å². The van der Waals surface area contributed by atoms with Crippen LogP contribution in [-0.2, 0) is 16.9 Å². The predicted molar refractivity (Wildman–Crippen MR) is 62.7 cm³/mol. The molecule has 1 aromatic carbocycles. The number of aliphatic carboxylic acids is 1. The van der Waals surface area contributed by atoms with Gasteiger partial charge in [-0.3, -0.25) is 4.79 Å². The van der Waals surface area contributed by atoms with E-state index in [1.807, 2.05) is 0 Å². The lowest BCUT2D eigenvalue weighted by molar-refractivity contribution is -0.136. The fraction of sp³-hybridized carbons (Fsp3) is 0.462. The van der Waals surface area contributed by atoms with E-state index >= 15 is 0 Å². The molecule has 0 aromatic heterocycles. The molecule has 0 saturated carbocycles. The third-order valence-electron chi connectivity index (χ3n) is 3.24. The monoisotopic (exact) mass is 237 g/mol. The van der Waals surface area contributed by atoms with E-state index in [1.54, 1.807) is 24.3 Å². The zero-order chi connectivity index (χ0) is 12.3. The Morgan fingerprint density at radius 2 is 2.00 bits per heavy atom. The molecule has 1 heterocycles. The van der Waals surface area contributed by atoms with Crippen LogP contribution in [0.15, 0.2) is 24.3 Å². The average molecular weight is 237 g/mol. The van der Waals surface area contributed by atoms with Crippen LogP contribution in [0.1, 0.15) is 24.0 Å². The molecule has 0 amide bonds. The fourth-order valence-electron chi connectivity index (χ4n) is 2.37. The Kier molecular flexibility index (Phi) is 3.43. The van der Waals surface area contributed by atoms with Gasteiger partial charge in [-0.05, 0) is 37.1 Å².